The van der Waals surface area contributed by atoms with Crippen LogP contribution in [0.5, 0.6) is 0 Å². The van der Waals surface area contributed by atoms with Crippen molar-refractivity contribution in [3.63, 3.8) is 0 Å². The molecule has 2 aromatic rings. The molecule has 1 heterocycles. The number of alkyl halides is 1. The lowest BCUT2D eigenvalue weighted by Crippen LogP contribution is -2.10. The quantitative estimate of drug-likeness (QED) is 0.514. The Morgan fingerprint density at radius 1 is 1.17 bits per heavy atom. The molecule has 2 nitrogen and oxygen atoms in total. The first kappa shape index (κ1) is 17.3. The van der Waals surface area contributed by atoms with Crippen molar-refractivity contribution in [2.75, 3.05) is 12.4 Å². The molecule has 124 valence electrons. The lowest BCUT2D eigenvalue weighted by atomic mass is 9.86. The largest absolute Gasteiger partial charge is 0.251 e. The molecule has 0 amide bonds. The minimum atomic E-state index is -0.343. The van der Waals surface area contributed by atoms with Crippen molar-refractivity contribution >= 4 is 23.4 Å². The second-order valence-corrected chi connectivity index (χ2v) is 7.33. The molecule has 0 spiro atoms. The van der Waals surface area contributed by atoms with E-state index < -0.39 is 0 Å². The summed E-state index contributed by atoms with van der Waals surface area (Å²) in [7, 11) is 0. The minimum absolute atomic E-state index is 0.343. The van der Waals surface area contributed by atoms with E-state index in [1.54, 1.807) is 0 Å². The molecule has 0 N–H and O–H groups in total. The molecular weight excluding hydrogens is 343 g/mol. The topological polar surface area (TPSA) is 36.7 Å². The lowest BCUT2D eigenvalue weighted by molar-refractivity contribution is 0.489. The third kappa shape index (κ3) is 3.58. The third-order valence-electron chi connectivity index (χ3n) is 4.23. The molecule has 0 unspecified atom stereocenters. The van der Waals surface area contributed by atoms with E-state index in [-0.39, 0.29) is 6.67 Å². The Hall–Kier alpha value is -1.57. The van der Waals surface area contributed by atoms with Crippen molar-refractivity contribution in [2.24, 2.45) is 0 Å². The maximum absolute atomic E-state index is 12.4. The number of rotatable bonds is 5. The highest BCUT2D eigenvalue weighted by Gasteiger charge is 2.23. The Kier molecular flexibility index (Phi) is 5.76. The van der Waals surface area contributed by atoms with Gasteiger partial charge in [0.05, 0.1) is 17.9 Å². The summed E-state index contributed by atoms with van der Waals surface area (Å²) >= 11 is 7.48. The van der Waals surface area contributed by atoms with Crippen LogP contribution in [0.1, 0.15) is 36.0 Å². The van der Waals surface area contributed by atoms with Gasteiger partial charge in [-0.25, -0.2) is 4.98 Å². The molecule has 0 bridgehead atoms. The fourth-order valence-corrected chi connectivity index (χ4v) is 4.13. The van der Waals surface area contributed by atoms with Crippen LogP contribution in [0.15, 0.2) is 29.3 Å². The second kappa shape index (κ2) is 8.00. The maximum atomic E-state index is 12.4. The highest BCUT2D eigenvalue weighted by molar-refractivity contribution is 7.99. The molecule has 0 radical (unpaired) electrons. The van der Waals surface area contributed by atoms with Gasteiger partial charge >= 0.3 is 0 Å². The summed E-state index contributed by atoms with van der Waals surface area (Å²) in [6.07, 6.45) is 4.56. The molecule has 1 aromatic heterocycles. The summed E-state index contributed by atoms with van der Waals surface area (Å²) in [5.74, 6) is 0.636. The first-order valence-electron chi connectivity index (χ1n) is 8.15. The molecule has 0 saturated heterocycles. The monoisotopic (exact) mass is 360 g/mol. The predicted molar refractivity (Wildman–Crippen MR) is 97.4 cm³/mol. The molecule has 0 fully saturated rings. The minimum Gasteiger partial charge on any atom is -0.251 e. The molecule has 0 atom stereocenters. The standard InChI is InChI=1S/C19H18ClFN2S/c20-14-8-6-13(7-9-14)18-16-5-2-1-4-15(16)17(12-22)19(23-18)24-11-3-10-21/h6-9H,1-5,10-11H2. The highest BCUT2D eigenvalue weighted by atomic mass is 35.5. The molecule has 5 heteroatoms. The molecule has 1 aromatic carbocycles. The zero-order valence-corrected chi connectivity index (χ0v) is 14.9. The van der Waals surface area contributed by atoms with E-state index in [4.69, 9.17) is 16.6 Å². The van der Waals surface area contributed by atoms with Crippen molar-refractivity contribution in [2.45, 2.75) is 37.1 Å². The predicted octanol–water partition coefficient (Wildman–Crippen LogP) is 5.60. The van der Waals surface area contributed by atoms with Gasteiger partial charge in [0, 0.05) is 16.3 Å². The molecule has 24 heavy (non-hydrogen) atoms. The summed E-state index contributed by atoms with van der Waals surface area (Å²) in [6.45, 7) is -0.343. The normalized spacial score (nSPS) is 13.4. The van der Waals surface area contributed by atoms with Crippen LogP contribution in [0, 0.1) is 11.3 Å². The molecule has 3 rings (SSSR count). The fraction of sp³-hybridized carbons (Fsp3) is 0.368. The van der Waals surface area contributed by atoms with Gasteiger partial charge in [0.1, 0.15) is 11.1 Å². The summed E-state index contributed by atoms with van der Waals surface area (Å²) in [4.78, 5) is 4.80. The number of hydrogen-bond acceptors (Lipinski definition) is 3. The number of benzene rings is 1. The van der Waals surface area contributed by atoms with E-state index in [1.807, 2.05) is 24.3 Å². The van der Waals surface area contributed by atoms with Gasteiger partial charge in [-0.2, -0.15) is 5.26 Å². The average Bonchev–Trinajstić information content (AvgIpc) is 2.62. The van der Waals surface area contributed by atoms with Gasteiger partial charge in [-0.3, -0.25) is 4.39 Å². The van der Waals surface area contributed by atoms with Gasteiger partial charge < -0.3 is 0 Å². The second-order valence-electron chi connectivity index (χ2n) is 5.81. The van der Waals surface area contributed by atoms with Crippen LogP contribution in [0.4, 0.5) is 4.39 Å². The zero-order valence-electron chi connectivity index (χ0n) is 13.3. The number of pyridine rings is 1. The van der Waals surface area contributed by atoms with E-state index in [1.165, 1.54) is 17.3 Å². The molecular formula is C19H18ClFN2S. The summed E-state index contributed by atoms with van der Waals surface area (Å²) in [5, 5.41) is 11.1. The van der Waals surface area contributed by atoms with E-state index >= 15 is 0 Å². The van der Waals surface area contributed by atoms with E-state index in [9.17, 15) is 9.65 Å². The number of aromatic nitrogens is 1. The molecule has 0 aliphatic heterocycles. The lowest BCUT2D eigenvalue weighted by Gasteiger charge is -2.22. The van der Waals surface area contributed by atoms with E-state index in [0.29, 0.717) is 22.8 Å². The first-order chi connectivity index (χ1) is 11.7. The Morgan fingerprint density at radius 3 is 2.54 bits per heavy atom. The number of fused-ring (bicyclic) bond motifs is 1. The number of thioether (sulfide) groups is 1. The number of nitriles is 1. The number of halogens is 2. The smallest absolute Gasteiger partial charge is 0.115 e. The zero-order chi connectivity index (χ0) is 16.9. The Labute approximate surface area is 151 Å². The molecule has 1 aliphatic rings. The SMILES string of the molecule is N#Cc1c(SCCCF)nc(-c2ccc(Cl)cc2)c2c1CCCC2. The van der Waals surface area contributed by atoms with Gasteiger partial charge in [-0.1, -0.05) is 23.7 Å². The highest BCUT2D eigenvalue weighted by Crippen LogP contribution is 2.37. The van der Waals surface area contributed by atoms with Crippen molar-refractivity contribution in [1.82, 2.24) is 4.98 Å². The van der Waals surface area contributed by atoms with Crippen molar-refractivity contribution in [3.8, 4) is 17.3 Å². The Balaban J connectivity index is 2.11. The van der Waals surface area contributed by atoms with Crippen LogP contribution in [0.2, 0.25) is 5.02 Å². The summed E-state index contributed by atoms with van der Waals surface area (Å²) in [5.41, 5.74) is 4.98. The molecule has 1 aliphatic carbocycles. The van der Waals surface area contributed by atoms with Crippen molar-refractivity contribution in [3.05, 3.63) is 46.0 Å². The Bertz CT molecular complexity index is 768. The van der Waals surface area contributed by atoms with Crippen LogP contribution in [-0.2, 0) is 12.8 Å². The van der Waals surface area contributed by atoms with E-state index in [2.05, 4.69) is 6.07 Å². The van der Waals surface area contributed by atoms with Gasteiger partial charge in [0.15, 0.2) is 0 Å². The fourth-order valence-electron chi connectivity index (χ4n) is 3.09. The maximum Gasteiger partial charge on any atom is 0.115 e. The number of hydrogen-bond donors (Lipinski definition) is 0. The van der Waals surface area contributed by atoms with Crippen LogP contribution in [0.25, 0.3) is 11.3 Å². The summed E-state index contributed by atoms with van der Waals surface area (Å²) < 4.78 is 12.4. The van der Waals surface area contributed by atoms with Crippen LogP contribution >= 0.6 is 23.4 Å². The van der Waals surface area contributed by atoms with Crippen molar-refractivity contribution in [1.29, 1.82) is 5.26 Å². The summed E-state index contributed by atoms with van der Waals surface area (Å²) in [6, 6.07) is 10.0. The van der Waals surface area contributed by atoms with Crippen LogP contribution < -0.4 is 0 Å². The first-order valence-corrected chi connectivity index (χ1v) is 9.51. The Morgan fingerprint density at radius 2 is 1.88 bits per heavy atom. The van der Waals surface area contributed by atoms with Crippen LogP contribution in [0.3, 0.4) is 0 Å². The van der Waals surface area contributed by atoms with Crippen LogP contribution in [-0.4, -0.2) is 17.4 Å². The van der Waals surface area contributed by atoms with Gasteiger partial charge in [-0.05, 0) is 55.4 Å². The van der Waals surface area contributed by atoms with Gasteiger partial charge in [0.25, 0.3) is 0 Å². The average molecular weight is 361 g/mol. The molecule has 0 saturated carbocycles. The van der Waals surface area contributed by atoms with Crippen molar-refractivity contribution < 1.29 is 4.39 Å². The van der Waals surface area contributed by atoms with E-state index in [0.717, 1.165) is 47.5 Å². The van der Waals surface area contributed by atoms with Gasteiger partial charge in [0.2, 0.25) is 0 Å². The number of nitrogens with zero attached hydrogens (tertiary/aromatic N) is 2. The third-order valence-corrected chi connectivity index (χ3v) is 5.54. The van der Waals surface area contributed by atoms with Gasteiger partial charge in [-0.15, -0.1) is 11.8 Å².